The van der Waals surface area contributed by atoms with Gasteiger partial charge in [0, 0.05) is 12.0 Å². The first-order valence-electron chi connectivity index (χ1n) is 3.58. The molecule has 0 radical (unpaired) electrons. The molecule has 1 fully saturated rings. The molecule has 10 heavy (non-hydrogen) atoms. The fraction of sp³-hybridized carbons (Fsp3) is 0.857. The summed E-state index contributed by atoms with van der Waals surface area (Å²) in [5, 5.41) is 3.61. The molecule has 0 aromatic carbocycles. The molecule has 58 valence electrons. The zero-order valence-electron chi connectivity index (χ0n) is 6.55. The van der Waals surface area contributed by atoms with Crippen molar-refractivity contribution in [2.45, 2.75) is 32.9 Å². The predicted octanol–water partition coefficient (Wildman–Crippen LogP) is 1.30. The molecule has 1 saturated heterocycles. The lowest BCUT2D eigenvalue weighted by atomic mass is 9.97. The molecular formula is C7H13NOS. The summed E-state index contributed by atoms with van der Waals surface area (Å²) in [7, 11) is 0. The van der Waals surface area contributed by atoms with Gasteiger partial charge in [-0.15, -0.1) is 0 Å². The summed E-state index contributed by atoms with van der Waals surface area (Å²) in [6, 6.07) is 0.441. The van der Waals surface area contributed by atoms with Gasteiger partial charge < -0.3 is 10.1 Å². The Bertz CT molecular complexity index is 135. The molecule has 0 saturated carbocycles. The second-order valence-corrected chi connectivity index (χ2v) is 3.27. The highest BCUT2D eigenvalue weighted by Gasteiger charge is 2.26. The first-order chi connectivity index (χ1) is 4.61. The van der Waals surface area contributed by atoms with Crippen molar-refractivity contribution >= 4 is 17.4 Å². The third kappa shape index (κ3) is 1.40. The first kappa shape index (κ1) is 7.79. The van der Waals surface area contributed by atoms with Crippen molar-refractivity contribution in [3.05, 3.63) is 0 Å². The van der Waals surface area contributed by atoms with Gasteiger partial charge in [0.25, 0.3) is 5.17 Å². The van der Waals surface area contributed by atoms with Gasteiger partial charge in [-0.1, -0.05) is 6.92 Å². The molecule has 0 aromatic heterocycles. The van der Waals surface area contributed by atoms with Crippen LogP contribution in [0.25, 0.3) is 0 Å². The number of hydrogen-bond donors (Lipinski definition) is 1. The van der Waals surface area contributed by atoms with Crippen LogP contribution in [-0.4, -0.2) is 17.3 Å². The van der Waals surface area contributed by atoms with Crippen molar-refractivity contribution in [3.63, 3.8) is 0 Å². The smallest absolute Gasteiger partial charge is 0.257 e. The minimum absolute atomic E-state index is 0.253. The summed E-state index contributed by atoms with van der Waals surface area (Å²) in [6.45, 7) is 6.33. The number of nitrogens with one attached hydrogen (secondary N) is 1. The van der Waals surface area contributed by atoms with Gasteiger partial charge in [-0.3, -0.25) is 0 Å². The fourth-order valence-electron chi connectivity index (χ4n) is 1.03. The second-order valence-electron chi connectivity index (χ2n) is 2.90. The minimum Gasteiger partial charge on any atom is -0.468 e. The highest BCUT2D eigenvalue weighted by Crippen LogP contribution is 2.16. The Hall–Kier alpha value is -0.310. The largest absolute Gasteiger partial charge is 0.468 e. The van der Waals surface area contributed by atoms with E-state index in [9.17, 15) is 0 Å². The van der Waals surface area contributed by atoms with Gasteiger partial charge in [0.15, 0.2) is 0 Å². The van der Waals surface area contributed by atoms with E-state index in [1.165, 1.54) is 0 Å². The molecule has 3 atom stereocenters. The number of thiocarbonyl (C=S) groups is 1. The summed E-state index contributed by atoms with van der Waals surface area (Å²) in [4.78, 5) is 0. The quantitative estimate of drug-likeness (QED) is 0.538. The molecule has 0 aromatic rings. The van der Waals surface area contributed by atoms with Crippen molar-refractivity contribution in [3.8, 4) is 0 Å². The molecule has 3 heteroatoms. The van der Waals surface area contributed by atoms with E-state index in [4.69, 9.17) is 17.0 Å². The van der Waals surface area contributed by atoms with Crippen LogP contribution in [0.1, 0.15) is 20.8 Å². The Morgan fingerprint density at radius 2 is 2.00 bits per heavy atom. The van der Waals surface area contributed by atoms with Gasteiger partial charge in [-0.2, -0.15) is 0 Å². The standard InChI is InChI=1S/C7H13NOS/c1-4-5(2)8-7(10)9-6(4)3/h4-6H,1-3H3,(H,8,10). The summed E-state index contributed by atoms with van der Waals surface area (Å²) in [5.41, 5.74) is 0. The predicted molar refractivity (Wildman–Crippen MR) is 44.9 cm³/mol. The summed E-state index contributed by atoms with van der Waals surface area (Å²) in [5.74, 6) is 0.534. The maximum atomic E-state index is 5.29. The van der Waals surface area contributed by atoms with Crippen molar-refractivity contribution in [1.82, 2.24) is 5.32 Å². The molecule has 2 nitrogen and oxygen atoms in total. The van der Waals surface area contributed by atoms with Gasteiger partial charge >= 0.3 is 0 Å². The van der Waals surface area contributed by atoms with Crippen LogP contribution in [0, 0.1) is 5.92 Å². The summed E-state index contributed by atoms with van der Waals surface area (Å²) < 4.78 is 5.29. The van der Waals surface area contributed by atoms with Crippen LogP contribution in [-0.2, 0) is 4.74 Å². The molecular weight excluding hydrogens is 146 g/mol. The highest BCUT2D eigenvalue weighted by molar-refractivity contribution is 7.80. The highest BCUT2D eigenvalue weighted by atomic mass is 32.1. The zero-order valence-corrected chi connectivity index (χ0v) is 7.37. The Labute approximate surface area is 66.9 Å². The Morgan fingerprint density at radius 1 is 1.40 bits per heavy atom. The van der Waals surface area contributed by atoms with Crippen LogP contribution < -0.4 is 5.32 Å². The van der Waals surface area contributed by atoms with Crippen LogP contribution in [0.4, 0.5) is 0 Å². The molecule has 0 spiro atoms. The maximum Gasteiger partial charge on any atom is 0.257 e. The lowest BCUT2D eigenvalue weighted by Gasteiger charge is -2.33. The molecule has 1 heterocycles. The maximum absolute atomic E-state index is 5.29. The molecule has 1 aliphatic heterocycles. The molecule has 1 aliphatic rings. The Morgan fingerprint density at radius 3 is 2.50 bits per heavy atom. The van der Waals surface area contributed by atoms with E-state index in [1.54, 1.807) is 0 Å². The SMILES string of the molecule is CC1NC(=S)OC(C)C1C. The zero-order chi connectivity index (χ0) is 7.72. The average Bonchev–Trinajstić information content (AvgIpc) is 1.82. The second kappa shape index (κ2) is 2.74. The Balaban J connectivity index is 2.57. The summed E-state index contributed by atoms with van der Waals surface area (Å²) in [6.07, 6.45) is 0.253. The first-order valence-corrected chi connectivity index (χ1v) is 3.99. The van der Waals surface area contributed by atoms with Crippen molar-refractivity contribution in [1.29, 1.82) is 0 Å². The van der Waals surface area contributed by atoms with Crippen molar-refractivity contribution in [2.24, 2.45) is 5.92 Å². The molecule has 1 rings (SSSR count). The molecule has 0 bridgehead atoms. The van der Waals surface area contributed by atoms with Gasteiger partial charge in [-0.05, 0) is 26.1 Å². The van der Waals surface area contributed by atoms with E-state index in [0.717, 1.165) is 0 Å². The van der Waals surface area contributed by atoms with Crippen molar-refractivity contribution in [2.75, 3.05) is 0 Å². The topological polar surface area (TPSA) is 21.3 Å². The minimum atomic E-state index is 0.253. The summed E-state index contributed by atoms with van der Waals surface area (Å²) >= 11 is 4.88. The van der Waals surface area contributed by atoms with E-state index >= 15 is 0 Å². The molecule has 1 N–H and O–H groups in total. The fourth-order valence-corrected chi connectivity index (χ4v) is 1.37. The average molecular weight is 159 g/mol. The van der Waals surface area contributed by atoms with E-state index in [-0.39, 0.29) is 6.10 Å². The monoisotopic (exact) mass is 159 g/mol. The third-order valence-electron chi connectivity index (χ3n) is 2.17. The van der Waals surface area contributed by atoms with E-state index in [0.29, 0.717) is 17.1 Å². The number of hydrogen-bond acceptors (Lipinski definition) is 2. The van der Waals surface area contributed by atoms with Crippen LogP contribution in [0.15, 0.2) is 0 Å². The van der Waals surface area contributed by atoms with Crippen LogP contribution in [0.3, 0.4) is 0 Å². The van der Waals surface area contributed by atoms with Crippen LogP contribution in [0.5, 0.6) is 0 Å². The third-order valence-corrected chi connectivity index (χ3v) is 2.38. The van der Waals surface area contributed by atoms with Crippen LogP contribution in [0.2, 0.25) is 0 Å². The molecule has 0 amide bonds. The van der Waals surface area contributed by atoms with E-state index in [2.05, 4.69) is 19.2 Å². The van der Waals surface area contributed by atoms with Gasteiger partial charge in [-0.25, -0.2) is 0 Å². The molecule has 3 unspecified atom stereocenters. The van der Waals surface area contributed by atoms with Gasteiger partial charge in [0.1, 0.15) is 6.10 Å². The number of rotatable bonds is 0. The number of ether oxygens (including phenoxy) is 1. The van der Waals surface area contributed by atoms with Crippen LogP contribution >= 0.6 is 12.2 Å². The van der Waals surface area contributed by atoms with Gasteiger partial charge in [0.05, 0.1) is 0 Å². The molecule has 0 aliphatic carbocycles. The van der Waals surface area contributed by atoms with Crippen molar-refractivity contribution < 1.29 is 4.74 Å². The van der Waals surface area contributed by atoms with E-state index in [1.807, 2.05) is 6.92 Å². The Kier molecular flexibility index (Phi) is 2.14. The van der Waals surface area contributed by atoms with E-state index < -0.39 is 0 Å². The normalized spacial score (nSPS) is 40.3. The lowest BCUT2D eigenvalue weighted by molar-refractivity contribution is 0.0966. The lowest BCUT2D eigenvalue weighted by Crippen LogP contribution is -2.48. The van der Waals surface area contributed by atoms with Gasteiger partial charge in [0.2, 0.25) is 0 Å².